The first-order chi connectivity index (χ1) is 10.3. The minimum atomic E-state index is -0.406. The van der Waals surface area contributed by atoms with Gasteiger partial charge in [0.15, 0.2) is 0 Å². The summed E-state index contributed by atoms with van der Waals surface area (Å²) in [5.74, 6) is 0.211. The highest BCUT2D eigenvalue weighted by Crippen LogP contribution is 2.17. The predicted molar refractivity (Wildman–Crippen MR) is 98.6 cm³/mol. The number of nitrogens with two attached hydrogens (primary N) is 1. The molecule has 0 aliphatic carbocycles. The van der Waals surface area contributed by atoms with E-state index in [4.69, 9.17) is 10.5 Å². The van der Waals surface area contributed by atoms with Crippen molar-refractivity contribution >= 4 is 36.4 Å². The second-order valence-corrected chi connectivity index (χ2v) is 5.41. The van der Waals surface area contributed by atoms with Crippen molar-refractivity contribution in [3.63, 3.8) is 0 Å². The smallest absolute Gasteiger partial charge is 0.237 e. The summed E-state index contributed by atoms with van der Waals surface area (Å²) in [6.07, 6.45) is 2.63. The van der Waals surface area contributed by atoms with Crippen LogP contribution in [0.4, 0.5) is 5.69 Å². The molecular weight excluding hydrogens is 337 g/mol. The minimum Gasteiger partial charge on any atom is -0.385 e. The van der Waals surface area contributed by atoms with Gasteiger partial charge in [0, 0.05) is 32.0 Å². The average molecular weight is 364 g/mol. The first-order valence-corrected chi connectivity index (χ1v) is 7.67. The van der Waals surface area contributed by atoms with Crippen LogP contribution in [0.2, 0.25) is 0 Å². The molecule has 0 radical (unpaired) electrons. The van der Waals surface area contributed by atoms with Gasteiger partial charge in [0.1, 0.15) is 0 Å². The number of ether oxygens (including phenoxy) is 1. The van der Waals surface area contributed by atoms with Gasteiger partial charge in [-0.25, -0.2) is 0 Å². The molecule has 1 amide bonds. The minimum absolute atomic E-state index is 0. The zero-order valence-corrected chi connectivity index (χ0v) is 14.8. The highest BCUT2D eigenvalue weighted by Gasteiger charge is 2.26. The monoisotopic (exact) mass is 363 g/mol. The summed E-state index contributed by atoms with van der Waals surface area (Å²) >= 11 is 0. The fourth-order valence-corrected chi connectivity index (χ4v) is 2.50. The summed E-state index contributed by atoms with van der Waals surface area (Å²) in [6.45, 7) is 2.91. The van der Waals surface area contributed by atoms with Crippen LogP contribution in [0.5, 0.6) is 0 Å². The molecule has 7 heteroatoms. The number of benzene rings is 1. The van der Waals surface area contributed by atoms with E-state index in [0.29, 0.717) is 19.8 Å². The van der Waals surface area contributed by atoms with Gasteiger partial charge >= 0.3 is 0 Å². The first-order valence-electron chi connectivity index (χ1n) is 7.67. The van der Waals surface area contributed by atoms with E-state index < -0.39 is 6.04 Å². The van der Waals surface area contributed by atoms with Crippen LogP contribution >= 0.6 is 24.8 Å². The third-order valence-electron chi connectivity index (χ3n) is 3.83. The van der Waals surface area contributed by atoms with Crippen LogP contribution in [-0.2, 0) is 9.53 Å². The third kappa shape index (κ3) is 7.88. The van der Waals surface area contributed by atoms with Crippen molar-refractivity contribution in [1.29, 1.82) is 0 Å². The zero-order valence-electron chi connectivity index (χ0n) is 13.2. The number of carbonyl (C=O) groups excluding carboxylic acids is 1. The molecular formula is C16H27Cl2N3O2. The van der Waals surface area contributed by atoms with Crippen LogP contribution in [0.15, 0.2) is 30.3 Å². The number of hydrogen-bond donors (Lipinski definition) is 3. The fraction of sp³-hybridized carbons (Fsp3) is 0.562. The maximum atomic E-state index is 12.0. The SMILES string of the molecule is Cl.Cl.NC(C(=O)NCCCNc1ccccc1)C1CCOCC1. The second-order valence-electron chi connectivity index (χ2n) is 5.41. The molecule has 1 unspecified atom stereocenters. The number of anilines is 1. The molecule has 0 spiro atoms. The Morgan fingerprint density at radius 2 is 1.83 bits per heavy atom. The van der Waals surface area contributed by atoms with Gasteiger partial charge in [0.05, 0.1) is 6.04 Å². The molecule has 1 aliphatic rings. The van der Waals surface area contributed by atoms with Gasteiger partial charge in [-0.3, -0.25) is 4.79 Å². The Labute approximate surface area is 150 Å². The van der Waals surface area contributed by atoms with Crippen LogP contribution in [-0.4, -0.2) is 38.3 Å². The van der Waals surface area contributed by atoms with Gasteiger partial charge < -0.3 is 21.1 Å². The number of para-hydroxylation sites is 1. The molecule has 0 aromatic heterocycles. The summed E-state index contributed by atoms with van der Waals surface area (Å²) < 4.78 is 5.29. The van der Waals surface area contributed by atoms with E-state index in [2.05, 4.69) is 10.6 Å². The molecule has 1 aliphatic heterocycles. The van der Waals surface area contributed by atoms with Gasteiger partial charge in [-0.05, 0) is 37.3 Å². The standard InChI is InChI=1S/C16H25N3O2.2ClH/c17-15(13-7-11-21-12-8-13)16(20)19-10-4-9-18-14-5-2-1-3-6-14;;/h1-3,5-6,13,15,18H,4,7-12,17H2,(H,19,20);2*1H. The van der Waals surface area contributed by atoms with Gasteiger partial charge in [-0.15, -0.1) is 24.8 Å². The summed E-state index contributed by atoms with van der Waals surface area (Å²) in [4.78, 5) is 12.0. The third-order valence-corrected chi connectivity index (χ3v) is 3.83. The summed E-state index contributed by atoms with van der Waals surface area (Å²) in [5.41, 5.74) is 7.11. The molecule has 1 fully saturated rings. The van der Waals surface area contributed by atoms with Gasteiger partial charge in [-0.1, -0.05) is 18.2 Å². The van der Waals surface area contributed by atoms with Crippen molar-refractivity contribution in [2.75, 3.05) is 31.6 Å². The molecule has 5 nitrogen and oxygen atoms in total. The van der Waals surface area contributed by atoms with Crippen molar-refractivity contribution < 1.29 is 9.53 Å². The van der Waals surface area contributed by atoms with E-state index in [0.717, 1.165) is 31.5 Å². The predicted octanol–water partition coefficient (Wildman–Crippen LogP) is 2.20. The zero-order chi connectivity index (χ0) is 14.9. The average Bonchev–Trinajstić information content (AvgIpc) is 2.55. The number of nitrogens with one attached hydrogen (secondary N) is 2. The second kappa shape index (κ2) is 12.4. The topological polar surface area (TPSA) is 76.4 Å². The number of halogens is 2. The van der Waals surface area contributed by atoms with Crippen LogP contribution in [0.25, 0.3) is 0 Å². The van der Waals surface area contributed by atoms with Crippen molar-refractivity contribution in [1.82, 2.24) is 5.32 Å². The van der Waals surface area contributed by atoms with Gasteiger partial charge in [-0.2, -0.15) is 0 Å². The number of carbonyl (C=O) groups is 1. The first kappa shape index (κ1) is 22.0. The Kier molecular flexibility index (Phi) is 11.9. The molecule has 0 saturated carbocycles. The lowest BCUT2D eigenvalue weighted by Gasteiger charge is -2.26. The molecule has 1 atom stereocenters. The molecule has 1 saturated heterocycles. The fourth-order valence-electron chi connectivity index (χ4n) is 2.50. The molecule has 1 aromatic rings. The Hall–Kier alpha value is -1.01. The molecule has 4 N–H and O–H groups in total. The van der Waals surface area contributed by atoms with Crippen molar-refractivity contribution in [3.05, 3.63) is 30.3 Å². The number of amides is 1. The lowest BCUT2D eigenvalue weighted by molar-refractivity contribution is -0.124. The van der Waals surface area contributed by atoms with Crippen LogP contribution in [0.3, 0.4) is 0 Å². The van der Waals surface area contributed by atoms with E-state index in [9.17, 15) is 4.79 Å². The quantitative estimate of drug-likeness (QED) is 0.649. The highest BCUT2D eigenvalue weighted by molar-refractivity contribution is 5.85. The Morgan fingerprint density at radius 3 is 2.48 bits per heavy atom. The highest BCUT2D eigenvalue weighted by atomic mass is 35.5. The summed E-state index contributed by atoms with van der Waals surface area (Å²) in [6, 6.07) is 9.63. The molecule has 0 bridgehead atoms. The van der Waals surface area contributed by atoms with Crippen LogP contribution in [0.1, 0.15) is 19.3 Å². The molecule has 1 aromatic carbocycles. The Morgan fingerprint density at radius 1 is 1.17 bits per heavy atom. The van der Waals surface area contributed by atoms with Gasteiger partial charge in [0.25, 0.3) is 0 Å². The van der Waals surface area contributed by atoms with Crippen LogP contribution in [0, 0.1) is 5.92 Å². The molecule has 1 heterocycles. The number of rotatable bonds is 7. The van der Waals surface area contributed by atoms with E-state index in [-0.39, 0.29) is 36.6 Å². The van der Waals surface area contributed by atoms with Crippen molar-refractivity contribution in [3.8, 4) is 0 Å². The Bertz CT molecular complexity index is 429. The van der Waals surface area contributed by atoms with Crippen LogP contribution < -0.4 is 16.4 Å². The van der Waals surface area contributed by atoms with Crippen molar-refractivity contribution in [2.24, 2.45) is 11.7 Å². The molecule has 132 valence electrons. The summed E-state index contributed by atoms with van der Waals surface area (Å²) in [5, 5.41) is 6.23. The summed E-state index contributed by atoms with van der Waals surface area (Å²) in [7, 11) is 0. The van der Waals surface area contributed by atoms with Gasteiger partial charge in [0.2, 0.25) is 5.91 Å². The van der Waals surface area contributed by atoms with Crippen molar-refractivity contribution in [2.45, 2.75) is 25.3 Å². The maximum absolute atomic E-state index is 12.0. The molecule has 23 heavy (non-hydrogen) atoms. The number of hydrogen-bond acceptors (Lipinski definition) is 4. The molecule has 2 rings (SSSR count). The maximum Gasteiger partial charge on any atom is 0.237 e. The largest absolute Gasteiger partial charge is 0.385 e. The van der Waals surface area contributed by atoms with E-state index >= 15 is 0 Å². The Balaban J connectivity index is 0.00000242. The lowest BCUT2D eigenvalue weighted by Crippen LogP contribution is -2.47. The lowest BCUT2D eigenvalue weighted by atomic mass is 9.92. The van der Waals surface area contributed by atoms with E-state index in [1.165, 1.54) is 0 Å². The van der Waals surface area contributed by atoms with E-state index in [1.54, 1.807) is 0 Å². The normalized spacial score (nSPS) is 15.7. The van der Waals surface area contributed by atoms with E-state index in [1.807, 2.05) is 30.3 Å².